The second-order valence-corrected chi connectivity index (χ2v) is 6.23. The standard InChI is InChI=1S/C19H19ClN4O5/c1-4-29-18-19(26)24(17-12(23-18)6-5-7-21-17)10-16(25)22-13-8-11(20)14(27-2)9-15(13)28-3/h5-9H,4,10H2,1-3H3,(H,22,25). The molecule has 0 unspecified atom stereocenters. The number of ether oxygens (including phenoxy) is 3. The maximum Gasteiger partial charge on any atom is 0.315 e. The number of hydrogen-bond donors (Lipinski definition) is 1. The molecule has 2 aromatic heterocycles. The van der Waals surface area contributed by atoms with E-state index in [-0.39, 0.29) is 24.7 Å². The number of pyridine rings is 1. The predicted molar refractivity (Wildman–Crippen MR) is 108 cm³/mol. The van der Waals surface area contributed by atoms with Gasteiger partial charge in [0.05, 0.1) is 31.5 Å². The largest absolute Gasteiger partial charge is 0.495 e. The summed E-state index contributed by atoms with van der Waals surface area (Å²) in [5.74, 6) is 0.196. The Morgan fingerprint density at radius 2 is 2.00 bits per heavy atom. The van der Waals surface area contributed by atoms with Gasteiger partial charge in [-0.15, -0.1) is 0 Å². The lowest BCUT2D eigenvalue weighted by atomic mass is 10.2. The van der Waals surface area contributed by atoms with Crippen molar-refractivity contribution >= 4 is 34.4 Å². The van der Waals surface area contributed by atoms with Gasteiger partial charge in [0.1, 0.15) is 23.6 Å². The predicted octanol–water partition coefficient (Wildman–Crippen LogP) is 2.50. The smallest absolute Gasteiger partial charge is 0.315 e. The van der Waals surface area contributed by atoms with Gasteiger partial charge in [-0.3, -0.25) is 14.2 Å². The van der Waals surface area contributed by atoms with E-state index < -0.39 is 11.5 Å². The van der Waals surface area contributed by atoms with Crippen LogP contribution in [0.4, 0.5) is 5.69 Å². The lowest BCUT2D eigenvalue weighted by Gasteiger charge is -2.14. The molecule has 0 saturated carbocycles. The van der Waals surface area contributed by atoms with Gasteiger partial charge >= 0.3 is 5.56 Å². The van der Waals surface area contributed by atoms with Gasteiger partial charge in [0.2, 0.25) is 5.91 Å². The first-order valence-corrected chi connectivity index (χ1v) is 9.06. The Hall–Kier alpha value is -3.33. The summed E-state index contributed by atoms with van der Waals surface area (Å²) in [6.45, 7) is 1.70. The summed E-state index contributed by atoms with van der Waals surface area (Å²) in [4.78, 5) is 33.8. The first kappa shape index (κ1) is 20.4. The number of rotatable bonds is 7. The summed E-state index contributed by atoms with van der Waals surface area (Å²) in [5.41, 5.74) is 0.505. The number of nitrogens with one attached hydrogen (secondary N) is 1. The normalized spacial score (nSPS) is 10.6. The Morgan fingerprint density at radius 3 is 2.69 bits per heavy atom. The number of fused-ring (bicyclic) bond motifs is 1. The SMILES string of the molecule is CCOc1nc2cccnc2n(CC(=O)Nc2cc(Cl)c(OC)cc2OC)c1=O. The summed E-state index contributed by atoms with van der Waals surface area (Å²) in [6, 6.07) is 6.43. The number of carbonyl (C=O) groups excluding carboxylic acids is 1. The van der Waals surface area contributed by atoms with Crippen molar-refractivity contribution in [2.75, 3.05) is 26.1 Å². The average molecular weight is 419 g/mol. The quantitative estimate of drug-likeness (QED) is 0.628. The molecule has 0 atom stereocenters. The zero-order chi connectivity index (χ0) is 21.0. The highest BCUT2D eigenvalue weighted by atomic mass is 35.5. The number of benzene rings is 1. The fraction of sp³-hybridized carbons (Fsp3) is 0.263. The fourth-order valence-electron chi connectivity index (χ4n) is 2.72. The number of amides is 1. The maximum absolute atomic E-state index is 12.7. The second-order valence-electron chi connectivity index (χ2n) is 5.82. The Labute approximate surface area is 171 Å². The Morgan fingerprint density at radius 1 is 1.24 bits per heavy atom. The van der Waals surface area contributed by atoms with E-state index in [1.807, 2.05) is 0 Å². The highest BCUT2D eigenvalue weighted by molar-refractivity contribution is 6.32. The molecule has 0 bridgehead atoms. The summed E-state index contributed by atoms with van der Waals surface area (Å²) in [7, 11) is 2.93. The van der Waals surface area contributed by atoms with Crippen molar-refractivity contribution in [1.29, 1.82) is 0 Å². The topological polar surface area (TPSA) is 105 Å². The molecule has 1 aromatic carbocycles. The van der Waals surface area contributed by atoms with Gasteiger partial charge in [-0.25, -0.2) is 9.97 Å². The van der Waals surface area contributed by atoms with Gasteiger partial charge in [-0.2, -0.15) is 0 Å². The number of aromatic nitrogens is 3. The van der Waals surface area contributed by atoms with Crippen LogP contribution in [0.5, 0.6) is 17.4 Å². The van der Waals surface area contributed by atoms with Gasteiger partial charge < -0.3 is 19.5 Å². The van der Waals surface area contributed by atoms with Crippen LogP contribution in [0.15, 0.2) is 35.3 Å². The maximum atomic E-state index is 12.7. The Kier molecular flexibility index (Phi) is 6.18. The molecule has 0 aliphatic heterocycles. The van der Waals surface area contributed by atoms with E-state index in [1.165, 1.54) is 31.0 Å². The van der Waals surface area contributed by atoms with Gasteiger partial charge in [0.25, 0.3) is 5.88 Å². The molecule has 0 spiro atoms. The highest BCUT2D eigenvalue weighted by Gasteiger charge is 2.17. The molecule has 152 valence electrons. The number of hydrogen-bond acceptors (Lipinski definition) is 7. The van der Waals surface area contributed by atoms with Crippen molar-refractivity contribution in [2.24, 2.45) is 0 Å². The molecule has 10 heteroatoms. The van der Waals surface area contributed by atoms with E-state index in [2.05, 4.69) is 15.3 Å². The molecule has 3 aromatic rings. The molecule has 0 radical (unpaired) electrons. The lowest BCUT2D eigenvalue weighted by molar-refractivity contribution is -0.116. The van der Waals surface area contributed by atoms with E-state index in [0.717, 1.165) is 0 Å². The second kappa shape index (κ2) is 8.78. The molecule has 1 N–H and O–H groups in total. The fourth-order valence-corrected chi connectivity index (χ4v) is 2.96. The third kappa shape index (κ3) is 4.24. The van der Waals surface area contributed by atoms with Gasteiger partial charge in [-0.1, -0.05) is 11.6 Å². The molecular weight excluding hydrogens is 400 g/mol. The minimum atomic E-state index is -0.548. The Bertz CT molecular complexity index is 1120. The molecule has 1 amide bonds. The molecule has 0 saturated heterocycles. The third-order valence-corrected chi connectivity index (χ3v) is 4.30. The van der Waals surface area contributed by atoms with E-state index in [9.17, 15) is 9.59 Å². The number of methoxy groups -OCH3 is 2. The highest BCUT2D eigenvalue weighted by Crippen LogP contribution is 2.35. The van der Waals surface area contributed by atoms with Gasteiger partial charge in [0, 0.05) is 12.3 Å². The number of halogens is 1. The molecule has 0 fully saturated rings. The average Bonchev–Trinajstić information content (AvgIpc) is 2.71. The summed E-state index contributed by atoms with van der Waals surface area (Å²) < 4.78 is 16.9. The van der Waals surface area contributed by atoms with Crippen LogP contribution < -0.4 is 25.1 Å². The van der Waals surface area contributed by atoms with Crippen molar-refractivity contribution in [3.8, 4) is 17.4 Å². The van der Waals surface area contributed by atoms with Crippen molar-refractivity contribution in [3.05, 3.63) is 45.8 Å². The molecule has 3 rings (SSSR count). The molecular formula is C19H19ClN4O5. The number of anilines is 1. The van der Waals surface area contributed by atoms with Crippen molar-refractivity contribution in [3.63, 3.8) is 0 Å². The van der Waals surface area contributed by atoms with Crippen LogP contribution in [0.25, 0.3) is 11.2 Å². The van der Waals surface area contributed by atoms with E-state index in [0.29, 0.717) is 27.7 Å². The van der Waals surface area contributed by atoms with Crippen LogP contribution in [0.1, 0.15) is 6.92 Å². The molecule has 2 heterocycles. The third-order valence-electron chi connectivity index (χ3n) is 4.00. The Balaban J connectivity index is 1.96. The monoisotopic (exact) mass is 418 g/mol. The van der Waals surface area contributed by atoms with Crippen molar-refractivity contribution < 1.29 is 19.0 Å². The molecule has 0 aliphatic carbocycles. The van der Waals surface area contributed by atoms with Gasteiger partial charge in [-0.05, 0) is 25.1 Å². The van der Waals surface area contributed by atoms with Crippen LogP contribution in [0.2, 0.25) is 5.02 Å². The summed E-state index contributed by atoms with van der Waals surface area (Å²) in [5, 5.41) is 2.99. The van der Waals surface area contributed by atoms with Crippen molar-refractivity contribution in [2.45, 2.75) is 13.5 Å². The van der Waals surface area contributed by atoms with E-state index in [1.54, 1.807) is 25.1 Å². The van der Waals surface area contributed by atoms with Crippen LogP contribution in [-0.4, -0.2) is 41.3 Å². The van der Waals surface area contributed by atoms with Crippen LogP contribution in [-0.2, 0) is 11.3 Å². The van der Waals surface area contributed by atoms with E-state index >= 15 is 0 Å². The molecule has 9 nitrogen and oxygen atoms in total. The van der Waals surface area contributed by atoms with E-state index in [4.69, 9.17) is 25.8 Å². The zero-order valence-corrected chi connectivity index (χ0v) is 16.8. The first-order chi connectivity index (χ1) is 14.0. The van der Waals surface area contributed by atoms with Crippen LogP contribution in [0, 0.1) is 0 Å². The molecule has 0 aliphatic rings. The number of carbonyl (C=O) groups is 1. The minimum absolute atomic E-state index is 0.0918. The number of nitrogens with zero attached hydrogens (tertiary/aromatic N) is 3. The van der Waals surface area contributed by atoms with Crippen LogP contribution in [0.3, 0.4) is 0 Å². The lowest BCUT2D eigenvalue weighted by Crippen LogP contribution is -2.30. The summed E-state index contributed by atoms with van der Waals surface area (Å²) >= 11 is 6.14. The summed E-state index contributed by atoms with van der Waals surface area (Å²) in [6.07, 6.45) is 1.52. The first-order valence-electron chi connectivity index (χ1n) is 8.68. The van der Waals surface area contributed by atoms with Crippen molar-refractivity contribution in [1.82, 2.24) is 14.5 Å². The van der Waals surface area contributed by atoms with Crippen LogP contribution >= 0.6 is 11.6 Å². The molecule has 29 heavy (non-hydrogen) atoms. The minimum Gasteiger partial charge on any atom is -0.495 e. The zero-order valence-electron chi connectivity index (χ0n) is 16.1. The van der Waals surface area contributed by atoms with Gasteiger partial charge in [0.15, 0.2) is 5.65 Å².